The van der Waals surface area contributed by atoms with E-state index in [-0.39, 0.29) is 26.8 Å². The van der Waals surface area contributed by atoms with Gasteiger partial charge in [-0.15, -0.1) is 11.3 Å². The number of alkyl halides is 6. The van der Waals surface area contributed by atoms with Crippen LogP contribution >= 0.6 is 11.3 Å². The molecular weight excluding hydrogens is 588 g/mol. The molecule has 0 amide bonds. The van der Waals surface area contributed by atoms with Crippen molar-refractivity contribution < 1.29 is 49.4 Å². The quantitative estimate of drug-likeness (QED) is 0.210. The van der Waals surface area contributed by atoms with Gasteiger partial charge in [0.15, 0.2) is 5.13 Å². The summed E-state index contributed by atoms with van der Waals surface area (Å²) in [6, 6.07) is 8.04. The van der Waals surface area contributed by atoms with Gasteiger partial charge in [-0.3, -0.25) is 9.71 Å². The Labute approximate surface area is 226 Å². The van der Waals surface area contributed by atoms with E-state index in [1.54, 1.807) is 5.38 Å². The van der Waals surface area contributed by atoms with Crippen LogP contribution in [-0.2, 0) is 32.2 Å². The number of pyridine rings is 1. The van der Waals surface area contributed by atoms with E-state index in [2.05, 4.69) is 19.4 Å². The van der Waals surface area contributed by atoms with E-state index in [1.807, 2.05) is 0 Å². The molecule has 2 N–H and O–H groups in total. The molecule has 1 atom stereocenters. The molecule has 40 heavy (non-hydrogen) atoms. The molecule has 2 aromatic carbocycles. The highest BCUT2D eigenvalue weighted by Gasteiger charge is 2.41. The lowest BCUT2D eigenvalue weighted by Crippen LogP contribution is -2.29. The van der Waals surface area contributed by atoms with Crippen LogP contribution in [0.25, 0.3) is 22.0 Å². The van der Waals surface area contributed by atoms with E-state index in [1.165, 1.54) is 36.7 Å². The van der Waals surface area contributed by atoms with Crippen LogP contribution in [0.3, 0.4) is 0 Å². The molecule has 4 aromatic rings. The number of aliphatic hydroxyl groups is 1. The maximum atomic E-state index is 13.4. The lowest BCUT2D eigenvalue weighted by Gasteiger charge is -2.18. The molecule has 2 aromatic heterocycles. The Bertz CT molecular complexity index is 1640. The van der Waals surface area contributed by atoms with Gasteiger partial charge in [-0.25, -0.2) is 18.2 Å². The van der Waals surface area contributed by atoms with Crippen molar-refractivity contribution in [1.82, 2.24) is 9.97 Å². The van der Waals surface area contributed by atoms with Crippen molar-refractivity contribution in [2.45, 2.75) is 29.8 Å². The van der Waals surface area contributed by atoms with Crippen LogP contribution in [0.2, 0.25) is 0 Å². The molecule has 4 rings (SSSR count). The molecule has 0 fully saturated rings. The van der Waals surface area contributed by atoms with Crippen molar-refractivity contribution in [2.75, 3.05) is 11.3 Å². The predicted molar refractivity (Wildman–Crippen MR) is 132 cm³/mol. The Hall–Kier alpha value is -3.76. The number of rotatable bonds is 8. The summed E-state index contributed by atoms with van der Waals surface area (Å²) >= 11 is 1.07. The number of sulfonamides is 1. The molecule has 8 nitrogen and oxygen atoms in total. The van der Waals surface area contributed by atoms with E-state index >= 15 is 0 Å². The Morgan fingerprint density at radius 2 is 1.77 bits per heavy atom. The maximum absolute atomic E-state index is 13.4. The number of carbonyl (C=O) groups is 1. The largest absolute Gasteiger partial charge is 0.490 e. The van der Waals surface area contributed by atoms with E-state index in [9.17, 15) is 44.7 Å². The fourth-order valence-electron chi connectivity index (χ4n) is 3.72. The Kier molecular flexibility index (Phi) is 8.05. The molecule has 0 aliphatic carbocycles. The van der Waals surface area contributed by atoms with Gasteiger partial charge >= 0.3 is 18.3 Å². The fraction of sp³-hybridized carbons (Fsp3) is 0.208. The topological polar surface area (TPSA) is 118 Å². The molecule has 0 aliphatic heterocycles. The van der Waals surface area contributed by atoms with Gasteiger partial charge in [0.1, 0.15) is 6.61 Å². The molecule has 0 saturated carbocycles. The van der Waals surface area contributed by atoms with Gasteiger partial charge in [-0.1, -0.05) is 12.1 Å². The summed E-state index contributed by atoms with van der Waals surface area (Å²) in [6.07, 6.45) is -9.77. The molecule has 1 unspecified atom stereocenters. The number of nitrogens with one attached hydrogen (secondary N) is 1. The third-order valence-corrected chi connectivity index (χ3v) is 7.64. The monoisotopic (exact) mass is 605 g/mol. The van der Waals surface area contributed by atoms with Gasteiger partial charge in [-0.05, 0) is 41.3 Å². The molecule has 0 aliphatic rings. The lowest BCUT2D eigenvalue weighted by molar-refractivity contribution is -0.201. The second-order valence-corrected chi connectivity index (χ2v) is 10.9. The first-order valence-electron chi connectivity index (χ1n) is 11.1. The number of benzene rings is 2. The minimum absolute atomic E-state index is 0.0938. The molecule has 2 heterocycles. The number of hydrogen-bond acceptors (Lipinski definition) is 8. The second kappa shape index (κ2) is 11.0. The summed E-state index contributed by atoms with van der Waals surface area (Å²) < 4.78 is 109. The fourth-order valence-corrected chi connectivity index (χ4v) is 5.55. The smallest absolute Gasteiger partial charge is 0.456 e. The Morgan fingerprint density at radius 3 is 2.42 bits per heavy atom. The SMILES string of the molecule is O=C(OCC(O)Cc1cc(C(F)(F)F)ccc1-c1nccc2cc(S(=O)(=O)Nc3nccs3)ccc12)C(F)(F)F. The highest BCUT2D eigenvalue weighted by atomic mass is 32.2. The Balaban J connectivity index is 1.71. The number of halogens is 6. The van der Waals surface area contributed by atoms with E-state index in [0.717, 1.165) is 23.5 Å². The van der Waals surface area contributed by atoms with Crippen LogP contribution in [0.5, 0.6) is 0 Å². The number of carbonyl (C=O) groups excluding carboxylic acids is 1. The number of esters is 1. The molecule has 16 heteroatoms. The third kappa shape index (κ3) is 6.68. The van der Waals surface area contributed by atoms with Crippen LogP contribution < -0.4 is 4.72 Å². The zero-order chi connectivity index (χ0) is 29.3. The standard InChI is InChI=1S/C24H17F6N3O5S2/c25-23(26,27)15-1-3-19(14(9-15)10-16(34)12-38-21(35)24(28,29)30)20-18-4-2-17(11-13(18)5-6-31-20)40(36,37)33-22-32-7-8-39-22/h1-9,11,16,34H,10,12H2,(H,32,33). The van der Waals surface area contributed by atoms with Crippen molar-refractivity contribution in [3.63, 3.8) is 0 Å². The minimum atomic E-state index is -5.31. The van der Waals surface area contributed by atoms with E-state index in [0.29, 0.717) is 16.8 Å². The Morgan fingerprint density at radius 1 is 1.02 bits per heavy atom. The van der Waals surface area contributed by atoms with Gasteiger partial charge in [0.05, 0.1) is 22.3 Å². The summed E-state index contributed by atoms with van der Waals surface area (Å²) in [5.41, 5.74) is -1.02. The predicted octanol–water partition coefficient (Wildman–Crippen LogP) is 5.19. The van der Waals surface area contributed by atoms with Crippen molar-refractivity contribution in [3.8, 4) is 11.3 Å². The maximum Gasteiger partial charge on any atom is 0.490 e. The van der Waals surface area contributed by atoms with Crippen molar-refractivity contribution in [1.29, 1.82) is 0 Å². The number of anilines is 1. The number of ether oxygens (including phenoxy) is 1. The highest BCUT2D eigenvalue weighted by molar-refractivity contribution is 7.93. The van der Waals surface area contributed by atoms with E-state index < -0.39 is 53.0 Å². The lowest BCUT2D eigenvalue weighted by atomic mass is 9.94. The number of aliphatic hydroxyl groups excluding tert-OH is 1. The van der Waals surface area contributed by atoms with Crippen LogP contribution in [0, 0.1) is 0 Å². The van der Waals surface area contributed by atoms with Crippen LogP contribution in [0.4, 0.5) is 31.5 Å². The van der Waals surface area contributed by atoms with Gasteiger partial charge in [0.2, 0.25) is 0 Å². The van der Waals surface area contributed by atoms with Crippen molar-refractivity contribution in [3.05, 3.63) is 71.4 Å². The molecule has 0 bridgehead atoms. The first-order valence-corrected chi connectivity index (χ1v) is 13.4. The zero-order valence-electron chi connectivity index (χ0n) is 19.8. The molecule has 0 spiro atoms. The van der Waals surface area contributed by atoms with Gasteiger partial charge in [0, 0.05) is 35.1 Å². The molecule has 212 valence electrons. The number of thiazole rings is 1. The summed E-state index contributed by atoms with van der Waals surface area (Å²) in [6.45, 7) is -1.12. The van der Waals surface area contributed by atoms with Crippen LogP contribution in [0.1, 0.15) is 11.1 Å². The van der Waals surface area contributed by atoms with Crippen molar-refractivity contribution >= 4 is 43.2 Å². The van der Waals surface area contributed by atoms with Crippen molar-refractivity contribution in [2.24, 2.45) is 0 Å². The minimum Gasteiger partial charge on any atom is -0.456 e. The van der Waals surface area contributed by atoms with E-state index in [4.69, 9.17) is 0 Å². The van der Waals surface area contributed by atoms with Gasteiger partial charge < -0.3 is 9.84 Å². The number of aromatic nitrogens is 2. The summed E-state index contributed by atoms with van der Waals surface area (Å²) in [5, 5.41) is 12.6. The summed E-state index contributed by atoms with van der Waals surface area (Å²) in [4.78, 5) is 18.9. The number of hydrogen-bond donors (Lipinski definition) is 2. The van der Waals surface area contributed by atoms with Gasteiger partial charge in [-0.2, -0.15) is 26.3 Å². The molecule has 0 saturated heterocycles. The van der Waals surface area contributed by atoms with Gasteiger partial charge in [0.25, 0.3) is 10.0 Å². The summed E-state index contributed by atoms with van der Waals surface area (Å²) in [7, 11) is -4.02. The highest BCUT2D eigenvalue weighted by Crippen LogP contribution is 2.36. The zero-order valence-corrected chi connectivity index (χ0v) is 21.5. The third-order valence-electron chi connectivity index (χ3n) is 5.48. The second-order valence-electron chi connectivity index (χ2n) is 8.31. The molecule has 0 radical (unpaired) electrons. The number of fused-ring (bicyclic) bond motifs is 1. The van der Waals surface area contributed by atoms with Crippen LogP contribution in [0.15, 0.2) is 65.1 Å². The first-order chi connectivity index (χ1) is 18.6. The average Bonchev–Trinajstić information content (AvgIpc) is 3.38. The first kappa shape index (κ1) is 29.2. The number of nitrogens with zero attached hydrogens (tertiary/aromatic N) is 2. The average molecular weight is 606 g/mol. The normalized spacial score (nSPS) is 13.3. The summed E-state index contributed by atoms with van der Waals surface area (Å²) in [5.74, 6) is -2.55. The molecular formula is C24H17F6N3O5S2. The van der Waals surface area contributed by atoms with Crippen LogP contribution in [-0.4, -0.2) is 48.3 Å².